The number of aliphatic hydroxyl groups is 3. The zero-order chi connectivity index (χ0) is 21.9. The SMILES string of the molecule is C#C[C@]1(O)C(=O)[C@H](O)C2C3C(CC[C@@]21C)[C@@]1(C)CC[C@H](OOCOC)CC1=C[C@@H]3O. The molecule has 3 N–H and O–H groups in total. The fraction of sp³-hybridized carbons (Fsp3) is 0.783. The van der Waals surface area contributed by atoms with E-state index in [4.69, 9.17) is 20.9 Å². The fourth-order valence-corrected chi connectivity index (χ4v) is 7.01. The van der Waals surface area contributed by atoms with Gasteiger partial charge in [-0.15, -0.1) is 6.42 Å². The predicted octanol–water partition coefficient (Wildman–Crippen LogP) is 1.35. The molecule has 4 aliphatic carbocycles. The molecule has 0 aromatic heterocycles. The molecule has 0 spiro atoms. The number of Topliss-reactive ketones (excluding diaryl/α,β-unsaturated/α-hetero) is 1. The summed E-state index contributed by atoms with van der Waals surface area (Å²) < 4.78 is 4.85. The smallest absolute Gasteiger partial charge is 0.206 e. The Morgan fingerprint density at radius 1 is 1.27 bits per heavy atom. The van der Waals surface area contributed by atoms with Crippen LogP contribution in [0.2, 0.25) is 0 Å². The number of hydrogen-bond acceptors (Lipinski definition) is 7. The van der Waals surface area contributed by atoms with Crippen LogP contribution in [0, 0.1) is 40.9 Å². The number of terminal acetylenes is 1. The molecule has 0 aromatic carbocycles. The maximum Gasteiger partial charge on any atom is 0.206 e. The first-order chi connectivity index (χ1) is 14.1. The van der Waals surface area contributed by atoms with E-state index in [1.165, 1.54) is 7.11 Å². The minimum Gasteiger partial charge on any atom is -0.389 e. The Morgan fingerprint density at radius 3 is 2.67 bits per heavy atom. The first-order valence-corrected chi connectivity index (χ1v) is 10.7. The van der Waals surface area contributed by atoms with Gasteiger partial charge in [0.1, 0.15) is 6.10 Å². The molecule has 0 saturated heterocycles. The van der Waals surface area contributed by atoms with Crippen molar-refractivity contribution in [3.8, 4) is 12.3 Å². The van der Waals surface area contributed by atoms with E-state index in [1.807, 2.05) is 6.08 Å². The van der Waals surface area contributed by atoms with Gasteiger partial charge in [-0.2, -0.15) is 0 Å². The van der Waals surface area contributed by atoms with E-state index >= 15 is 0 Å². The van der Waals surface area contributed by atoms with Crippen LogP contribution in [-0.4, -0.2) is 58.9 Å². The highest BCUT2D eigenvalue weighted by Gasteiger charge is 2.72. The van der Waals surface area contributed by atoms with E-state index in [0.717, 1.165) is 24.8 Å². The van der Waals surface area contributed by atoms with Gasteiger partial charge in [0.25, 0.3) is 0 Å². The average Bonchev–Trinajstić information content (AvgIpc) is 2.87. The van der Waals surface area contributed by atoms with Crippen LogP contribution in [0.1, 0.15) is 46.0 Å². The Labute approximate surface area is 177 Å². The quantitative estimate of drug-likeness (QED) is 0.157. The van der Waals surface area contributed by atoms with Gasteiger partial charge in [0.15, 0.2) is 12.4 Å². The number of aliphatic hydroxyl groups excluding tert-OH is 2. The number of carbonyl (C=O) groups excluding carboxylic acids is 1. The molecule has 0 heterocycles. The number of methoxy groups -OCH3 is 1. The van der Waals surface area contributed by atoms with Gasteiger partial charge in [0.05, 0.1) is 12.2 Å². The highest BCUT2D eigenvalue weighted by Crippen LogP contribution is 2.66. The van der Waals surface area contributed by atoms with Crippen molar-refractivity contribution in [1.82, 2.24) is 0 Å². The number of ether oxygens (including phenoxy) is 1. The molecule has 7 heteroatoms. The molecule has 0 aliphatic heterocycles. The molecule has 7 nitrogen and oxygen atoms in total. The Balaban J connectivity index is 1.66. The summed E-state index contributed by atoms with van der Waals surface area (Å²) in [5, 5.41) is 33.0. The van der Waals surface area contributed by atoms with Gasteiger partial charge < -0.3 is 20.1 Å². The lowest BCUT2D eigenvalue weighted by molar-refractivity contribution is -0.360. The largest absolute Gasteiger partial charge is 0.389 e. The third-order valence-electron chi connectivity index (χ3n) is 8.71. The summed E-state index contributed by atoms with van der Waals surface area (Å²) in [6.45, 7) is 4.05. The second-order valence-corrected chi connectivity index (χ2v) is 9.91. The van der Waals surface area contributed by atoms with Gasteiger partial charge in [-0.3, -0.25) is 4.79 Å². The summed E-state index contributed by atoms with van der Waals surface area (Å²) in [5.74, 6) is 0.706. The normalized spacial score (nSPS) is 50.2. The van der Waals surface area contributed by atoms with Gasteiger partial charge in [-0.25, -0.2) is 9.78 Å². The summed E-state index contributed by atoms with van der Waals surface area (Å²) in [5.41, 5.74) is -2.01. The molecule has 30 heavy (non-hydrogen) atoms. The fourth-order valence-electron chi connectivity index (χ4n) is 7.01. The van der Waals surface area contributed by atoms with Gasteiger partial charge in [-0.1, -0.05) is 31.4 Å². The van der Waals surface area contributed by atoms with Crippen molar-refractivity contribution in [2.75, 3.05) is 13.9 Å². The molecule has 3 unspecified atom stereocenters. The van der Waals surface area contributed by atoms with Gasteiger partial charge >= 0.3 is 0 Å². The lowest BCUT2D eigenvalue weighted by Gasteiger charge is -2.59. The number of rotatable bonds is 4. The van der Waals surface area contributed by atoms with Gasteiger partial charge in [0, 0.05) is 18.4 Å². The Hall–Kier alpha value is -1.27. The number of hydrogen-bond donors (Lipinski definition) is 3. The van der Waals surface area contributed by atoms with E-state index in [2.05, 4.69) is 12.8 Å². The Morgan fingerprint density at radius 2 is 2.00 bits per heavy atom. The van der Waals surface area contributed by atoms with Crippen LogP contribution < -0.4 is 0 Å². The molecule has 4 rings (SSSR count). The van der Waals surface area contributed by atoms with Gasteiger partial charge in [-0.05, 0) is 49.4 Å². The maximum absolute atomic E-state index is 12.8. The van der Waals surface area contributed by atoms with Crippen molar-refractivity contribution < 1.29 is 34.6 Å². The summed E-state index contributed by atoms with van der Waals surface area (Å²) >= 11 is 0. The van der Waals surface area contributed by atoms with E-state index in [1.54, 1.807) is 6.92 Å². The van der Waals surface area contributed by atoms with Crippen LogP contribution in [0.5, 0.6) is 0 Å². The molecule has 9 atom stereocenters. The standard InChI is InChI=1S/C23H32O7/c1-5-23(27)20(26)19(25)18-17-15(7-9-22(18,23)3)21(2)8-6-14(30-29-12-28-4)10-13(21)11-16(17)24/h1,11,14-19,24-25,27H,6-10,12H2,2-4H3/t14-,15?,16-,17?,18?,19+,21-,22-,23-/m0/s1. The molecule has 0 amide bonds. The van der Waals surface area contributed by atoms with E-state index < -0.39 is 34.9 Å². The molecule has 0 aromatic rings. The minimum atomic E-state index is -2.00. The molecule has 3 fully saturated rings. The van der Waals surface area contributed by atoms with Crippen molar-refractivity contribution in [2.24, 2.45) is 28.6 Å². The second kappa shape index (κ2) is 7.40. The molecular weight excluding hydrogens is 388 g/mol. The van der Waals surface area contributed by atoms with Crippen molar-refractivity contribution in [2.45, 2.75) is 69.9 Å². The number of fused-ring (bicyclic) bond motifs is 5. The molecular formula is C23H32O7. The third-order valence-corrected chi connectivity index (χ3v) is 8.71. The van der Waals surface area contributed by atoms with Crippen LogP contribution in [0.4, 0.5) is 0 Å². The molecule has 0 radical (unpaired) electrons. The van der Waals surface area contributed by atoms with E-state index in [-0.39, 0.29) is 30.1 Å². The van der Waals surface area contributed by atoms with Crippen molar-refractivity contribution >= 4 is 5.78 Å². The summed E-state index contributed by atoms with van der Waals surface area (Å²) in [4.78, 5) is 23.3. The van der Waals surface area contributed by atoms with Crippen molar-refractivity contribution in [3.05, 3.63) is 11.6 Å². The average molecular weight is 421 g/mol. The number of carbonyl (C=O) groups is 1. The zero-order valence-electron chi connectivity index (χ0n) is 17.8. The van der Waals surface area contributed by atoms with Crippen molar-refractivity contribution in [3.63, 3.8) is 0 Å². The Bertz CT molecular complexity index is 787. The predicted molar refractivity (Wildman–Crippen MR) is 106 cm³/mol. The van der Waals surface area contributed by atoms with Crippen LogP contribution >= 0.6 is 0 Å². The monoisotopic (exact) mass is 420 g/mol. The van der Waals surface area contributed by atoms with E-state index in [9.17, 15) is 20.1 Å². The zero-order valence-corrected chi connectivity index (χ0v) is 17.8. The van der Waals surface area contributed by atoms with Gasteiger partial charge in [0.2, 0.25) is 5.78 Å². The van der Waals surface area contributed by atoms with Crippen LogP contribution in [0.15, 0.2) is 11.6 Å². The highest BCUT2D eigenvalue weighted by atomic mass is 17.2. The van der Waals surface area contributed by atoms with Crippen LogP contribution in [0.25, 0.3) is 0 Å². The van der Waals surface area contributed by atoms with E-state index in [0.29, 0.717) is 12.8 Å². The highest BCUT2D eigenvalue weighted by molar-refractivity contribution is 5.98. The lowest BCUT2D eigenvalue weighted by atomic mass is 9.46. The Kier molecular flexibility index (Phi) is 5.42. The second-order valence-electron chi connectivity index (χ2n) is 9.91. The van der Waals surface area contributed by atoms with Crippen LogP contribution in [-0.2, 0) is 19.3 Å². The molecule has 4 aliphatic rings. The summed E-state index contributed by atoms with van der Waals surface area (Å²) in [6, 6.07) is 0. The first kappa shape index (κ1) is 21.9. The number of ketones is 1. The topological polar surface area (TPSA) is 105 Å². The summed E-state index contributed by atoms with van der Waals surface area (Å²) in [6.07, 6.45) is 8.66. The minimum absolute atomic E-state index is 0.0599. The molecule has 0 bridgehead atoms. The molecule has 166 valence electrons. The summed E-state index contributed by atoms with van der Waals surface area (Å²) in [7, 11) is 1.53. The first-order valence-electron chi connectivity index (χ1n) is 10.7. The lowest BCUT2D eigenvalue weighted by Crippen LogP contribution is -2.58. The van der Waals surface area contributed by atoms with Crippen LogP contribution in [0.3, 0.4) is 0 Å². The third kappa shape index (κ3) is 2.78. The molecule has 3 saturated carbocycles. The van der Waals surface area contributed by atoms with Crippen molar-refractivity contribution in [1.29, 1.82) is 0 Å². The maximum atomic E-state index is 12.8.